The molecule has 0 radical (unpaired) electrons. The molecule has 1 N–H and O–H groups in total. The van der Waals surface area contributed by atoms with Gasteiger partial charge in [0.15, 0.2) is 16.7 Å². The Labute approximate surface area is 167 Å². The van der Waals surface area contributed by atoms with Gasteiger partial charge in [0, 0.05) is 12.6 Å². The van der Waals surface area contributed by atoms with Gasteiger partial charge >= 0.3 is 0 Å². The minimum atomic E-state index is -0.215. The lowest BCUT2D eigenvalue weighted by Crippen LogP contribution is -2.20. The Morgan fingerprint density at radius 1 is 1.29 bits per heavy atom. The lowest BCUT2D eigenvalue weighted by molar-refractivity contribution is -0.118. The predicted octanol–water partition coefficient (Wildman–Crippen LogP) is 3.22. The Bertz CT molecular complexity index is 1000. The summed E-state index contributed by atoms with van der Waals surface area (Å²) in [4.78, 5) is 16.7. The van der Waals surface area contributed by atoms with Gasteiger partial charge in [-0.25, -0.2) is 10.4 Å². The van der Waals surface area contributed by atoms with E-state index >= 15 is 0 Å². The summed E-state index contributed by atoms with van der Waals surface area (Å²) < 4.78 is 12.9. The third-order valence-corrected chi connectivity index (χ3v) is 5.01. The largest absolute Gasteiger partial charge is 0.492 e. The molecule has 0 aliphatic carbocycles. The number of carbonyl (C=O) groups is 1. The van der Waals surface area contributed by atoms with Gasteiger partial charge in [0.05, 0.1) is 36.7 Å². The summed E-state index contributed by atoms with van der Waals surface area (Å²) in [5.74, 6) is 1.22. The summed E-state index contributed by atoms with van der Waals surface area (Å²) in [6, 6.07) is 13.4. The summed E-state index contributed by atoms with van der Waals surface area (Å²) in [6.45, 7) is 2.44. The van der Waals surface area contributed by atoms with E-state index in [9.17, 15) is 4.79 Å². The van der Waals surface area contributed by atoms with E-state index in [0.717, 1.165) is 21.8 Å². The number of methoxy groups -OCH3 is 1. The van der Waals surface area contributed by atoms with Crippen LogP contribution in [0.5, 0.6) is 11.5 Å². The number of hydrazone groups is 1. The van der Waals surface area contributed by atoms with Crippen molar-refractivity contribution >= 4 is 34.9 Å². The van der Waals surface area contributed by atoms with Crippen molar-refractivity contribution in [3.8, 4) is 11.5 Å². The van der Waals surface area contributed by atoms with Crippen LogP contribution in [0.2, 0.25) is 0 Å². The van der Waals surface area contributed by atoms with Gasteiger partial charge in [0.2, 0.25) is 0 Å². The lowest BCUT2D eigenvalue weighted by Gasteiger charge is -2.11. The molecule has 0 bridgehead atoms. The standard InChI is InChI=1S/C20H22N4O3S/c1-4-27-17-11-7-8-14(19(17)26-3)12-21-23-18(25)13-28-20-22-15-9-5-6-10-16(15)24(20)2/h5-12H,4,13H2,1-3H3,(H,23,25)/b21-12-. The first kappa shape index (κ1) is 19.8. The number of nitrogens with one attached hydrogen (secondary N) is 1. The number of imidazole rings is 1. The molecule has 0 unspecified atom stereocenters. The number of fused-ring (bicyclic) bond motifs is 1. The number of amides is 1. The quantitative estimate of drug-likeness (QED) is 0.358. The van der Waals surface area contributed by atoms with Crippen molar-refractivity contribution < 1.29 is 14.3 Å². The average Bonchev–Trinajstić information content (AvgIpc) is 3.03. The van der Waals surface area contributed by atoms with Gasteiger partial charge in [0.25, 0.3) is 5.91 Å². The van der Waals surface area contributed by atoms with Crippen molar-refractivity contribution in [3.63, 3.8) is 0 Å². The minimum Gasteiger partial charge on any atom is -0.492 e. The highest BCUT2D eigenvalue weighted by atomic mass is 32.2. The maximum Gasteiger partial charge on any atom is 0.250 e. The van der Waals surface area contributed by atoms with Crippen molar-refractivity contribution in [1.29, 1.82) is 0 Å². The monoisotopic (exact) mass is 398 g/mol. The normalized spacial score (nSPS) is 11.1. The number of carbonyl (C=O) groups excluding carboxylic acids is 1. The van der Waals surface area contributed by atoms with E-state index in [0.29, 0.717) is 18.1 Å². The Hall–Kier alpha value is -3.00. The van der Waals surface area contributed by atoms with E-state index in [4.69, 9.17) is 9.47 Å². The minimum absolute atomic E-state index is 0.213. The second kappa shape index (κ2) is 9.27. The topological polar surface area (TPSA) is 77.7 Å². The molecular weight excluding hydrogens is 376 g/mol. The first-order valence-corrected chi connectivity index (χ1v) is 9.78. The molecule has 0 spiro atoms. The molecular formula is C20H22N4O3S. The Kier molecular flexibility index (Phi) is 6.54. The average molecular weight is 398 g/mol. The van der Waals surface area contributed by atoms with Crippen LogP contribution in [0.25, 0.3) is 11.0 Å². The van der Waals surface area contributed by atoms with Crippen molar-refractivity contribution in [2.24, 2.45) is 12.1 Å². The fourth-order valence-electron chi connectivity index (χ4n) is 2.71. The molecule has 3 aromatic rings. The van der Waals surface area contributed by atoms with E-state index in [1.165, 1.54) is 11.8 Å². The summed E-state index contributed by atoms with van der Waals surface area (Å²) in [7, 11) is 3.51. The number of benzene rings is 2. The SMILES string of the molecule is CCOc1cccc(/C=N\NC(=O)CSc2nc3ccccc3n2C)c1OC. The molecule has 2 aromatic carbocycles. The molecule has 0 aliphatic heterocycles. The number of thioether (sulfide) groups is 1. The maximum atomic E-state index is 12.1. The van der Waals surface area contributed by atoms with Gasteiger partial charge < -0.3 is 14.0 Å². The fourth-order valence-corrected chi connectivity index (χ4v) is 3.49. The Morgan fingerprint density at radius 2 is 2.11 bits per heavy atom. The van der Waals surface area contributed by atoms with Crippen molar-refractivity contribution in [2.45, 2.75) is 12.1 Å². The van der Waals surface area contributed by atoms with Crippen LogP contribution < -0.4 is 14.9 Å². The molecule has 7 nitrogen and oxygen atoms in total. The van der Waals surface area contributed by atoms with E-state index in [2.05, 4.69) is 15.5 Å². The van der Waals surface area contributed by atoms with Gasteiger partial charge in [-0.2, -0.15) is 5.10 Å². The summed E-state index contributed by atoms with van der Waals surface area (Å²) in [5, 5.41) is 4.81. The van der Waals surface area contributed by atoms with Crippen LogP contribution in [0.15, 0.2) is 52.7 Å². The van der Waals surface area contributed by atoms with Gasteiger partial charge in [-0.15, -0.1) is 0 Å². The van der Waals surface area contributed by atoms with E-state index in [1.807, 2.05) is 61.0 Å². The zero-order chi connectivity index (χ0) is 19.9. The number of ether oxygens (including phenoxy) is 2. The second-order valence-corrected chi connectivity index (χ2v) is 6.78. The molecule has 0 fully saturated rings. The zero-order valence-electron chi connectivity index (χ0n) is 16.0. The van der Waals surface area contributed by atoms with Crippen molar-refractivity contribution in [3.05, 3.63) is 48.0 Å². The molecule has 1 heterocycles. The van der Waals surface area contributed by atoms with E-state index in [-0.39, 0.29) is 11.7 Å². The molecule has 1 amide bonds. The second-order valence-electron chi connectivity index (χ2n) is 5.84. The van der Waals surface area contributed by atoms with Crippen LogP contribution in [-0.2, 0) is 11.8 Å². The highest BCUT2D eigenvalue weighted by Gasteiger charge is 2.11. The van der Waals surface area contributed by atoms with Gasteiger partial charge in [-0.3, -0.25) is 4.79 Å². The predicted molar refractivity (Wildman–Crippen MR) is 111 cm³/mol. The maximum absolute atomic E-state index is 12.1. The highest BCUT2D eigenvalue weighted by Crippen LogP contribution is 2.29. The zero-order valence-corrected chi connectivity index (χ0v) is 16.8. The van der Waals surface area contributed by atoms with Crippen LogP contribution in [-0.4, -0.2) is 41.1 Å². The first-order chi connectivity index (χ1) is 13.6. The van der Waals surface area contributed by atoms with Gasteiger partial charge in [0.1, 0.15) is 0 Å². The molecule has 28 heavy (non-hydrogen) atoms. The summed E-state index contributed by atoms with van der Waals surface area (Å²) >= 11 is 1.37. The third kappa shape index (κ3) is 4.45. The van der Waals surface area contributed by atoms with Crippen molar-refractivity contribution in [1.82, 2.24) is 15.0 Å². The van der Waals surface area contributed by atoms with Crippen LogP contribution in [0.1, 0.15) is 12.5 Å². The van der Waals surface area contributed by atoms with E-state index < -0.39 is 0 Å². The van der Waals surface area contributed by atoms with Gasteiger partial charge in [-0.1, -0.05) is 30.0 Å². The molecule has 0 saturated carbocycles. The third-order valence-electron chi connectivity index (χ3n) is 3.98. The number of para-hydroxylation sites is 3. The van der Waals surface area contributed by atoms with Crippen molar-refractivity contribution in [2.75, 3.05) is 19.5 Å². The smallest absolute Gasteiger partial charge is 0.250 e. The van der Waals surface area contributed by atoms with E-state index in [1.54, 1.807) is 13.3 Å². The number of aromatic nitrogens is 2. The highest BCUT2D eigenvalue weighted by molar-refractivity contribution is 7.99. The number of hydrogen-bond donors (Lipinski definition) is 1. The number of hydrogen-bond acceptors (Lipinski definition) is 6. The molecule has 1 aromatic heterocycles. The van der Waals surface area contributed by atoms with Crippen LogP contribution in [0.4, 0.5) is 0 Å². The molecule has 0 aliphatic rings. The molecule has 8 heteroatoms. The lowest BCUT2D eigenvalue weighted by atomic mass is 10.2. The van der Waals surface area contributed by atoms with Crippen LogP contribution in [0, 0.1) is 0 Å². The Balaban J connectivity index is 1.60. The van der Waals surface area contributed by atoms with Gasteiger partial charge in [-0.05, 0) is 31.2 Å². The Morgan fingerprint density at radius 3 is 2.86 bits per heavy atom. The number of aryl methyl sites for hydroxylation is 1. The fraction of sp³-hybridized carbons (Fsp3) is 0.250. The molecule has 146 valence electrons. The first-order valence-electron chi connectivity index (χ1n) is 8.80. The molecule has 0 saturated heterocycles. The summed E-state index contributed by atoms with van der Waals surface area (Å²) in [5.41, 5.74) is 5.19. The molecule has 3 rings (SSSR count). The van der Waals surface area contributed by atoms with Crippen LogP contribution in [0.3, 0.4) is 0 Å². The van der Waals surface area contributed by atoms with Crippen LogP contribution >= 0.6 is 11.8 Å². The summed E-state index contributed by atoms with van der Waals surface area (Å²) in [6.07, 6.45) is 1.54. The number of nitrogens with zero attached hydrogens (tertiary/aromatic N) is 3. The molecule has 0 atom stereocenters. The number of rotatable bonds is 8.